The summed E-state index contributed by atoms with van der Waals surface area (Å²) in [6.07, 6.45) is 6.59. The van der Waals surface area contributed by atoms with Crippen LogP contribution in [0.5, 0.6) is 0 Å². The fourth-order valence-electron chi connectivity index (χ4n) is 5.97. The predicted octanol–water partition coefficient (Wildman–Crippen LogP) is 7.16. The summed E-state index contributed by atoms with van der Waals surface area (Å²) in [6, 6.07) is 12.3. The number of amides is 3. The van der Waals surface area contributed by atoms with Crippen LogP contribution in [0.1, 0.15) is 86.6 Å². The van der Waals surface area contributed by atoms with Gasteiger partial charge in [-0.3, -0.25) is 9.59 Å². The van der Waals surface area contributed by atoms with Crippen molar-refractivity contribution in [3.63, 3.8) is 0 Å². The van der Waals surface area contributed by atoms with E-state index in [2.05, 4.69) is 84.1 Å². The van der Waals surface area contributed by atoms with E-state index >= 15 is 0 Å². The number of nitrogens with one attached hydrogen (secondary N) is 2. The van der Waals surface area contributed by atoms with E-state index in [1.165, 1.54) is 25.5 Å². The summed E-state index contributed by atoms with van der Waals surface area (Å²) < 4.78 is 4.68. The molecule has 1 aromatic carbocycles. The molecule has 3 amide bonds. The highest BCUT2D eigenvalue weighted by Crippen LogP contribution is 2.24. The maximum Gasteiger partial charge on any atom is 0.407 e. The zero-order valence-corrected chi connectivity index (χ0v) is 28.6. The van der Waals surface area contributed by atoms with Crippen molar-refractivity contribution < 1.29 is 19.1 Å². The minimum absolute atomic E-state index is 0. The van der Waals surface area contributed by atoms with Gasteiger partial charge < -0.3 is 25.2 Å². The number of likely N-dealkylation sites (tertiary alicyclic amines) is 2. The lowest BCUT2D eigenvalue weighted by molar-refractivity contribution is -0.137. The summed E-state index contributed by atoms with van der Waals surface area (Å²) in [4.78, 5) is 45.3. The minimum atomic E-state index is -0.597. The van der Waals surface area contributed by atoms with E-state index < -0.39 is 12.1 Å². The maximum absolute atomic E-state index is 13.1. The van der Waals surface area contributed by atoms with Gasteiger partial charge in [0, 0.05) is 49.4 Å². The Hall–Kier alpha value is -3.62. The Labute approximate surface area is 277 Å². The maximum atomic E-state index is 13.1. The lowest BCUT2D eigenvalue weighted by atomic mass is 9.92. The van der Waals surface area contributed by atoms with Gasteiger partial charge >= 0.3 is 6.09 Å². The summed E-state index contributed by atoms with van der Waals surface area (Å²) in [5.74, 6) is 1.76. The van der Waals surface area contributed by atoms with E-state index in [0.717, 1.165) is 42.8 Å². The van der Waals surface area contributed by atoms with Crippen molar-refractivity contribution >= 4 is 23.7 Å². The summed E-state index contributed by atoms with van der Waals surface area (Å²) in [6.45, 7) is 16.7. The molecular weight excluding hydrogens is 578 g/mol. The molecule has 0 unspecified atom stereocenters. The highest BCUT2D eigenvalue weighted by Gasteiger charge is 2.35. The summed E-state index contributed by atoms with van der Waals surface area (Å²) >= 11 is 0. The molecule has 5 atom stereocenters. The molecule has 2 N–H and O–H groups in total. The molecule has 0 radical (unpaired) electrons. The Bertz CT molecular complexity index is 1230. The molecule has 9 heteroatoms. The molecule has 0 saturated carbocycles. The lowest BCUT2D eigenvalue weighted by Gasteiger charge is -2.31. The topological polar surface area (TPSA) is 104 Å². The third-order valence-corrected chi connectivity index (χ3v) is 9.44. The van der Waals surface area contributed by atoms with Crippen LogP contribution in [0, 0.1) is 24.7 Å². The zero-order valence-electron chi connectivity index (χ0n) is 28.6. The molecule has 2 aromatic rings. The average Bonchev–Trinajstić information content (AvgIpc) is 3.70. The number of aromatic nitrogens is 1. The van der Waals surface area contributed by atoms with Crippen molar-refractivity contribution in [3.8, 4) is 11.1 Å². The number of hydrogen-bond donors (Lipinski definition) is 2. The van der Waals surface area contributed by atoms with Crippen LogP contribution in [0.4, 0.5) is 10.6 Å². The first-order valence-electron chi connectivity index (χ1n) is 16.7. The molecule has 0 aliphatic carbocycles. The van der Waals surface area contributed by atoms with Crippen LogP contribution in [0.25, 0.3) is 11.1 Å². The number of alkyl carbamates (subject to hydrolysis) is 1. The van der Waals surface area contributed by atoms with Crippen molar-refractivity contribution in [2.45, 2.75) is 106 Å². The van der Waals surface area contributed by atoms with Crippen molar-refractivity contribution in [3.05, 3.63) is 48.2 Å². The van der Waals surface area contributed by atoms with Crippen LogP contribution in [-0.2, 0) is 14.3 Å². The van der Waals surface area contributed by atoms with E-state index in [-0.39, 0.29) is 31.2 Å². The number of benzene rings is 1. The van der Waals surface area contributed by atoms with E-state index in [0.29, 0.717) is 31.0 Å². The van der Waals surface area contributed by atoms with Gasteiger partial charge in [-0.15, -0.1) is 0 Å². The van der Waals surface area contributed by atoms with E-state index in [9.17, 15) is 14.4 Å². The van der Waals surface area contributed by atoms with Gasteiger partial charge in [0.2, 0.25) is 11.8 Å². The quantitative estimate of drug-likeness (QED) is 0.287. The van der Waals surface area contributed by atoms with Crippen LogP contribution < -0.4 is 10.6 Å². The molecule has 0 spiro atoms. The number of ether oxygens (including phenoxy) is 1. The van der Waals surface area contributed by atoms with Crippen molar-refractivity contribution in [2.75, 3.05) is 32.1 Å². The third-order valence-electron chi connectivity index (χ3n) is 9.44. The van der Waals surface area contributed by atoms with Crippen LogP contribution in [0.3, 0.4) is 0 Å². The summed E-state index contributed by atoms with van der Waals surface area (Å²) in [7, 11) is 1.30. The standard InChI is InChI=1S/C24H32N4O3.C12H23NO.CH4/c1-16(2)22(27-24(30)31-4)23(29)28-13-5-6-20(28)15-26-21-12-11-19(14-25-21)18-9-7-17(3)8-10-18;1-5-9(2)11(4)12(14)13-8-6-7-10(13)3;/h7-12,14,16,20,22H,5-6,13,15H2,1-4H3,(H,25,26)(H,27,30);9-11H,5-8H2,1-4H3;1H4/t20-,22-;9-,10+,11-;/m00./s1. The van der Waals surface area contributed by atoms with Crippen LogP contribution in [0.15, 0.2) is 42.6 Å². The number of aryl methyl sites for hydroxylation is 1. The van der Waals surface area contributed by atoms with Gasteiger partial charge in [-0.2, -0.15) is 0 Å². The Morgan fingerprint density at radius 1 is 0.935 bits per heavy atom. The van der Waals surface area contributed by atoms with Gasteiger partial charge in [0.25, 0.3) is 0 Å². The van der Waals surface area contributed by atoms with Gasteiger partial charge in [-0.1, -0.05) is 78.3 Å². The van der Waals surface area contributed by atoms with Gasteiger partial charge in [-0.05, 0) is 69.1 Å². The normalized spacial score (nSPS) is 19.3. The minimum Gasteiger partial charge on any atom is -0.453 e. The van der Waals surface area contributed by atoms with Gasteiger partial charge in [0.15, 0.2) is 0 Å². The van der Waals surface area contributed by atoms with E-state index in [4.69, 9.17) is 0 Å². The molecule has 46 heavy (non-hydrogen) atoms. The second-order valence-electron chi connectivity index (χ2n) is 13.1. The third kappa shape index (κ3) is 10.5. The first kappa shape index (κ1) is 38.6. The van der Waals surface area contributed by atoms with Crippen molar-refractivity contribution in [1.29, 1.82) is 0 Å². The van der Waals surface area contributed by atoms with Gasteiger partial charge in [0.05, 0.1) is 7.11 Å². The Kier molecular flexibility index (Phi) is 15.5. The zero-order chi connectivity index (χ0) is 33.1. The molecule has 2 aliphatic heterocycles. The fraction of sp³-hybridized carbons (Fsp3) is 0.622. The van der Waals surface area contributed by atoms with Crippen LogP contribution >= 0.6 is 0 Å². The first-order valence-corrected chi connectivity index (χ1v) is 16.7. The molecule has 2 fully saturated rings. The predicted molar refractivity (Wildman–Crippen MR) is 188 cm³/mol. The highest BCUT2D eigenvalue weighted by molar-refractivity contribution is 5.86. The molecule has 4 rings (SSSR count). The number of anilines is 1. The first-order chi connectivity index (χ1) is 21.5. The largest absolute Gasteiger partial charge is 0.453 e. The molecular formula is C37H59N5O4. The van der Waals surface area contributed by atoms with Crippen molar-refractivity contribution in [2.24, 2.45) is 17.8 Å². The number of carbonyl (C=O) groups excluding carboxylic acids is 3. The Morgan fingerprint density at radius 3 is 2.11 bits per heavy atom. The van der Waals surface area contributed by atoms with Gasteiger partial charge in [0.1, 0.15) is 11.9 Å². The summed E-state index contributed by atoms with van der Waals surface area (Å²) in [5.41, 5.74) is 3.43. The average molecular weight is 638 g/mol. The number of pyridine rings is 1. The molecule has 1 aromatic heterocycles. The SMILES string of the molecule is C.CC[C@H](C)[C@H](C)C(=O)N1CCC[C@H]1C.COC(=O)N[C@H](C(=O)N1CCC[C@H]1CNc1ccc(-c2ccc(C)cc2)cn1)C(C)C. The lowest BCUT2D eigenvalue weighted by Crippen LogP contribution is -2.53. The molecule has 9 nitrogen and oxygen atoms in total. The molecule has 2 aliphatic rings. The smallest absolute Gasteiger partial charge is 0.407 e. The van der Waals surface area contributed by atoms with Crippen LogP contribution in [0.2, 0.25) is 0 Å². The summed E-state index contributed by atoms with van der Waals surface area (Å²) in [5, 5.41) is 6.04. The number of rotatable bonds is 10. The Morgan fingerprint density at radius 2 is 1.57 bits per heavy atom. The highest BCUT2D eigenvalue weighted by atomic mass is 16.5. The second-order valence-corrected chi connectivity index (χ2v) is 13.1. The van der Waals surface area contributed by atoms with E-state index in [1.807, 2.05) is 37.1 Å². The molecule has 256 valence electrons. The van der Waals surface area contributed by atoms with E-state index in [1.54, 1.807) is 0 Å². The number of nitrogens with zero attached hydrogens (tertiary/aromatic N) is 3. The molecule has 3 heterocycles. The van der Waals surface area contributed by atoms with Crippen molar-refractivity contribution in [1.82, 2.24) is 20.1 Å². The number of methoxy groups -OCH3 is 1. The molecule has 0 bridgehead atoms. The molecule has 2 saturated heterocycles. The monoisotopic (exact) mass is 637 g/mol. The Balaban J connectivity index is 0.000000413. The van der Waals surface area contributed by atoms with Crippen LogP contribution in [-0.4, -0.2) is 77.6 Å². The number of carbonyl (C=O) groups is 3. The second kappa shape index (κ2) is 18.5. The van der Waals surface area contributed by atoms with Gasteiger partial charge in [-0.25, -0.2) is 9.78 Å². The number of hydrogen-bond acceptors (Lipinski definition) is 6. The fourth-order valence-corrected chi connectivity index (χ4v) is 5.97.